The average molecular weight is 310 g/mol. The highest BCUT2D eigenvalue weighted by Gasteiger charge is 2.34. The van der Waals surface area contributed by atoms with Crippen LogP contribution in [0.4, 0.5) is 0 Å². The maximum atomic E-state index is 5.87. The van der Waals surface area contributed by atoms with Gasteiger partial charge in [-0.25, -0.2) is 0 Å². The van der Waals surface area contributed by atoms with E-state index in [4.69, 9.17) is 34.8 Å². The minimum atomic E-state index is -1.14. The van der Waals surface area contributed by atoms with Crippen LogP contribution in [0.3, 0.4) is 0 Å². The molecule has 0 rings (SSSR count). The molecule has 0 nitrogen and oxygen atoms in total. The number of hydrogen-bond acceptors (Lipinski definition) is 0. The summed E-state index contributed by atoms with van der Waals surface area (Å²) in [5.74, 6) is 0.101. The molecular weight excluding hydrogens is 294 g/mol. The Bertz CT molecular complexity index is 131. The Morgan fingerprint density at radius 1 is 1.23 bits per heavy atom. The molecule has 0 radical (unpaired) electrons. The molecule has 0 aliphatic carbocycles. The predicted octanol–water partition coefficient (Wildman–Crippen LogP) is 5.34. The van der Waals surface area contributed by atoms with Crippen molar-refractivity contribution in [1.29, 1.82) is 0 Å². The van der Waals surface area contributed by atoms with Crippen molar-refractivity contribution in [2.24, 2.45) is 5.92 Å². The van der Waals surface area contributed by atoms with Crippen LogP contribution in [0, 0.1) is 5.92 Å². The number of unbranched alkanes of at least 4 members (excludes halogenated alkanes) is 2. The molecule has 2 atom stereocenters. The molecular formula is C9H16BrCl3. The van der Waals surface area contributed by atoms with E-state index >= 15 is 0 Å². The van der Waals surface area contributed by atoms with Crippen molar-refractivity contribution in [2.45, 2.75) is 48.2 Å². The van der Waals surface area contributed by atoms with Crippen molar-refractivity contribution in [2.75, 3.05) is 0 Å². The van der Waals surface area contributed by atoms with Gasteiger partial charge in [0, 0.05) is 10.7 Å². The highest BCUT2D eigenvalue weighted by molar-refractivity contribution is 9.09. The normalized spacial score (nSPS) is 17.1. The highest BCUT2D eigenvalue weighted by Crippen LogP contribution is 2.41. The van der Waals surface area contributed by atoms with Gasteiger partial charge in [-0.15, -0.1) is 0 Å². The van der Waals surface area contributed by atoms with Gasteiger partial charge in [0.05, 0.1) is 0 Å². The Morgan fingerprint density at radius 3 is 2.08 bits per heavy atom. The molecule has 0 unspecified atom stereocenters. The van der Waals surface area contributed by atoms with E-state index in [1.165, 1.54) is 12.8 Å². The summed E-state index contributed by atoms with van der Waals surface area (Å²) >= 11 is 21.1. The monoisotopic (exact) mass is 308 g/mol. The van der Waals surface area contributed by atoms with E-state index in [0.29, 0.717) is 0 Å². The lowest BCUT2D eigenvalue weighted by atomic mass is 10.0. The molecule has 0 spiro atoms. The molecule has 4 heteroatoms. The van der Waals surface area contributed by atoms with Gasteiger partial charge in [0.25, 0.3) is 0 Å². The van der Waals surface area contributed by atoms with Crippen molar-refractivity contribution in [3.8, 4) is 0 Å². The van der Waals surface area contributed by atoms with Crippen LogP contribution in [0.2, 0.25) is 0 Å². The van der Waals surface area contributed by atoms with Crippen LogP contribution in [0.25, 0.3) is 0 Å². The van der Waals surface area contributed by atoms with E-state index in [1.807, 2.05) is 6.92 Å². The van der Waals surface area contributed by atoms with Crippen LogP contribution in [0.5, 0.6) is 0 Å². The van der Waals surface area contributed by atoms with E-state index in [-0.39, 0.29) is 10.7 Å². The van der Waals surface area contributed by atoms with Crippen LogP contribution in [0.1, 0.15) is 39.5 Å². The Labute approximate surface area is 104 Å². The second-order valence-corrected chi connectivity index (χ2v) is 7.13. The molecule has 0 fully saturated rings. The molecule has 0 N–H and O–H groups in total. The first-order chi connectivity index (χ1) is 5.89. The van der Waals surface area contributed by atoms with Crippen LogP contribution < -0.4 is 0 Å². The summed E-state index contributed by atoms with van der Waals surface area (Å²) in [7, 11) is 0. The van der Waals surface area contributed by atoms with Gasteiger partial charge in [-0.3, -0.25) is 0 Å². The van der Waals surface area contributed by atoms with Gasteiger partial charge in [0.15, 0.2) is 3.79 Å². The zero-order valence-corrected chi connectivity index (χ0v) is 11.8. The average Bonchev–Trinajstić information content (AvgIpc) is 1.94. The topological polar surface area (TPSA) is 0 Å². The van der Waals surface area contributed by atoms with Gasteiger partial charge >= 0.3 is 0 Å². The highest BCUT2D eigenvalue weighted by atomic mass is 79.9. The molecule has 0 aromatic heterocycles. The summed E-state index contributed by atoms with van der Waals surface area (Å²) in [5, 5.41) is 0. The van der Waals surface area contributed by atoms with Crippen LogP contribution in [-0.4, -0.2) is 8.62 Å². The molecule has 0 aromatic rings. The summed E-state index contributed by atoms with van der Waals surface area (Å²) in [4.78, 5) is 0.247. The Morgan fingerprint density at radius 2 is 1.77 bits per heavy atom. The molecule has 0 saturated carbocycles. The quantitative estimate of drug-likeness (QED) is 0.475. The molecule has 0 aromatic carbocycles. The first-order valence-corrected chi connectivity index (χ1v) is 6.65. The van der Waals surface area contributed by atoms with Crippen molar-refractivity contribution in [1.82, 2.24) is 0 Å². The Kier molecular flexibility index (Phi) is 7.47. The molecule has 0 aliphatic rings. The van der Waals surface area contributed by atoms with E-state index in [1.54, 1.807) is 0 Å². The second kappa shape index (κ2) is 6.76. The second-order valence-electron chi connectivity index (χ2n) is 3.32. The lowest BCUT2D eigenvalue weighted by molar-refractivity contribution is 0.466. The first-order valence-electron chi connectivity index (χ1n) is 4.60. The van der Waals surface area contributed by atoms with Gasteiger partial charge in [-0.1, -0.05) is 83.8 Å². The van der Waals surface area contributed by atoms with E-state index in [9.17, 15) is 0 Å². The molecule has 0 bridgehead atoms. The third kappa shape index (κ3) is 6.43. The first kappa shape index (κ1) is 14.3. The standard InChI is InChI=1S/C9H16BrCl3/c1-3-4-5-6-8(7(2)10)9(11,12)13/h7-8H,3-6H2,1-2H3/t7-,8-/m1/s1. The fourth-order valence-corrected chi connectivity index (χ4v) is 3.28. The largest absolute Gasteiger partial charge is 0.194 e. The van der Waals surface area contributed by atoms with Gasteiger partial charge in [0.1, 0.15) is 0 Å². The number of hydrogen-bond donors (Lipinski definition) is 0. The zero-order valence-electron chi connectivity index (χ0n) is 7.99. The minimum Gasteiger partial charge on any atom is -0.0889 e. The SMILES string of the molecule is CCCCC[C@H]([C@@H](C)Br)C(Cl)(Cl)Cl. The lowest BCUT2D eigenvalue weighted by Gasteiger charge is -2.26. The van der Waals surface area contributed by atoms with Crippen molar-refractivity contribution in [3.63, 3.8) is 0 Å². The molecule has 0 heterocycles. The molecule has 13 heavy (non-hydrogen) atoms. The fourth-order valence-electron chi connectivity index (χ4n) is 1.27. The van der Waals surface area contributed by atoms with Crippen LogP contribution in [-0.2, 0) is 0 Å². The van der Waals surface area contributed by atoms with Gasteiger partial charge < -0.3 is 0 Å². The summed E-state index contributed by atoms with van der Waals surface area (Å²) in [6.07, 6.45) is 4.50. The van der Waals surface area contributed by atoms with Gasteiger partial charge in [0.2, 0.25) is 0 Å². The molecule has 80 valence electrons. The molecule has 0 saturated heterocycles. The summed E-state index contributed by atoms with van der Waals surface area (Å²) in [5.41, 5.74) is 0. The maximum absolute atomic E-state index is 5.87. The van der Waals surface area contributed by atoms with Crippen molar-refractivity contribution >= 4 is 50.7 Å². The third-order valence-corrected chi connectivity index (χ3v) is 3.57. The molecule has 0 aliphatic heterocycles. The van der Waals surface area contributed by atoms with Crippen LogP contribution >= 0.6 is 50.7 Å². The smallest absolute Gasteiger partial charge is 0.0889 e. The van der Waals surface area contributed by atoms with Gasteiger partial charge in [-0.05, 0) is 6.42 Å². The van der Waals surface area contributed by atoms with E-state index in [0.717, 1.165) is 12.8 Å². The minimum absolute atomic E-state index is 0.101. The van der Waals surface area contributed by atoms with Crippen molar-refractivity contribution in [3.05, 3.63) is 0 Å². The predicted molar refractivity (Wildman–Crippen MR) is 66.3 cm³/mol. The number of alkyl halides is 4. The lowest BCUT2D eigenvalue weighted by Crippen LogP contribution is -2.26. The number of rotatable bonds is 5. The van der Waals surface area contributed by atoms with Gasteiger partial charge in [-0.2, -0.15) is 0 Å². The fraction of sp³-hybridized carbons (Fsp3) is 1.00. The van der Waals surface area contributed by atoms with E-state index < -0.39 is 3.79 Å². The summed E-state index contributed by atoms with van der Waals surface area (Å²) in [6.45, 7) is 4.19. The third-order valence-electron chi connectivity index (χ3n) is 2.09. The van der Waals surface area contributed by atoms with E-state index in [2.05, 4.69) is 22.9 Å². The van der Waals surface area contributed by atoms with Crippen LogP contribution in [0.15, 0.2) is 0 Å². The molecule has 0 amide bonds. The van der Waals surface area contributed by atoms with Crippen molar-refractivity contribution < 1.29 is 0 Å². The number of halogens is 4. The maximum Gasteiger partial charge on any atom is 0.194 e. The Hall–Kier alpha value is 1.35. The summed E-state index contributed by atoms with van der Waals surface area (Å²) in [6, 6.07) is 0. The zero-order chi connectivity index (χ0) is 10.5. The Balaban J connectivity index is 3.97. The summed E-state index contributed by atoms with van der Waals surface area (Å²) < 4.78 is -1.14.